The van der Waals surface area contributed by atoms with Crippen LogP contribution in [-0.4, -0.2) is 49.6 Å². The molecule has 0 aromatic carbocycles. The Labute approximate surface area is 102 Å². The van der Waals surface area contributed by atoms with Gasteiger partial charge in [-0.15, -0.1) is 6.58 Å². The summed E-state index contributed by atoms with van der Waals surface area (Å²) in [6.45, 7) is 7.65. The molecule has 0 spiro atoms. The number of carbonyl (C=O) groups is 1. The number of hydrogen-bond donors (Lipinski definition) is 0. The second-order valence-electron chi connectivity index (χ2n) is 4.44. The lowest BCUT2D eigenvalue weighted by atomic mass is 10.00. The van der Waals surface area contributed by atoms with Crippen LogP contribution < -0.4 is 0 Å². The van der Waals surface area contributed by atoms with Gasteiger partial charge in [-0.1, -0.05) is 6.08 Å². The number of ether oxygens (including phenoxy) is 1. The van der Waals surface area contributed by atoms with Gasteiger partial charge in [0, 0.05) is 6.54 Å². The van der Waals surface area contributed by atoms with Gasteiger partial charge in [-0.05, 0) is 20.3 Å². The highest BCUT2D eigenvalue weighted by atomic mass is 32.2. The molecule has 0 aromatic heterocycles. The Kier molecular flexibility index (Phi) is 4.19. The van der Waals surface area contributed by atoms with Crippen molar-refractivity contribution in [3.05, 3.63) is 12.7 Å². The van der Waals surface area contributed by atoms with Crippen LogP contribution in [0.25, 0.3) is 0 Å². The van der Waals surface area contributed by atoms with Crippen LogP contribution in [0.2, 0.25) is 0 Å². The van der Waals surface area contributed by atoms with Crippen molar-refractivity contribution in [2.24, 2.45) is 0 Å². The fraction of sp³-hybridized carbons (Fsp3) is 0.727. The summed E-state index contributed by atoms with van der Waals surface area (Å²) in [6.07, 6.45) is 1.54. The van der Waals surface area contributed by atoms with Crippen molar-refractivity contribution in [2.75, 3.05) is 24.7 Å². The van der Waals surface area contributed by atoms with E-state index in [0.29, 0.717) is 13.0 Å². The average Bonchev–Trinajstić information content (AvgIpc) is 2.50. The molecule has 0 unspecified atom stereocenters. The summed E-state index contributed by atoms with van der Waals surface area (Å²) in [4.78, 5) is 13.2. The Morgan fingerprint density at radius 1 is 1.59 bits per heavy atom. The van der Waals surface area contributed by atoms with Crippen molar-refractivity contribution >= 4 is 15.9 Å². The van der Waals surface area contributed by atoms with Gasteiger partial charge in [0.2, 0.25) is 0 Å². The highest BCUT2D eigenvalue weighted by Crippen LogP contribution is 2.30. The zero-order chi connectivity index (χ0) is 13.1. The Bertz CT molecular complexity index is 404. The van der Waals surface area contributed by atoms with Crippen LogP contribution in [-0.2, 0) is 14.6 Å². The molecular weight excluding hydrogens is 242 g/mol. The maximum absolute atomic E-state index is 11.8. The molecule has 1 atom stereocenters. The second kappa shape index (κ2) is 5.08. The molecule has 1 aliphatic rings. The van der Waals surface area contributed by atoms with Gasteiger partial charge in [0.25, 0.3) is 0 Å². The minimum atomic E-state index is -3.05. The summed E-state index contributed by atoms with van der Waals surface area (Å²) in [5.41, 5.74) is -0.681. The molecule has 6 heteroatoms. The van der Waals surface area contributed by atoms with Gasteiger partial charge in [-0.2, -0.15) is 0 Å². The van der Waals surface area contributed by atoms with Gasteiger partial charge in [-0.3, -0.25) is 4.90 Å². The van der Waals surface area contributed by atoms with Crippen molar-refractivity contribution in [1.82, 2.24) is 4.90 Å². The van der Waals surface area contributed by atoms with Gasteiger partial charge in [0.1, 0.15) is 0 Å². The zero-order valence-corrected chi connectivity index (χ0v) is 11.1. The lowest BCUT2D eigenvalue weighted by Crippen LogP contribution is -2.51. The van der Waals surface area contributed by atoms with Gasteiger partial charge >= 0.3 is 6.09 Å². The first-order valence-corrected chi connectivity index (χ1v) is 7.42. The predicted octanol–water partition coefficient (Wildman–Crippen LogP) is 1.21. The van der Waals surface area contributed by atoms with E-state index >= 15 is 0 Å². The minimum Gasteiger partial charge on any atom is -0.450 e. The molecule has 1 saturated heterocycles. The molecule has 1 rings (SSSR count). The van der Waals surface area contributed by atoms with Gasteiger partial charge in [0.05, 0.1) is 23.7 Å². The number of carbonyl (C=O) groups excluding carboxylic acids is 1. The van der Waals surface area contributed by atoms with E-state index in [1.807, 2.05) is 0 Å². The maximum Gasteiger partial charge on any atom is 0.410 e. The van der Waals surface area contributed by atoms with Crippen LogP contribution in [0.15, 0.2) is 12.7 Å². The summed E-state index contributed by atoms with van der Waals surface area (Å²) >= 11 is 0. The van der Waals surface area contributed by atoms with E-state index in [1.54, 1.807) is 19.9 Å². The fourth-order valence-corrected chi connectivity index (χ4v) is 4.19. The van der Waals surface area contributed by atoms with E-state index in [9.17, 15) is 13.2 Å². The summed E-state index contributed by atoms with van der Waals surface area (Å²) in [5.74, 6) is 0.114. The van der Waals surface area contributed by atoms with E-state index in [4.69, 9.17) is 4.74 Å². The summed E-state index contributed by atoms with van der Waals surface area (Å²) in [6, 6.07) is 0. The first kappa shape index (κ1) is 14.0. The summed E-state index contributed by atoms with van der Waals surface area (Å²) < 4.78 is 28.0. The molecule has 5 nitrogen and oxygen atoms in total. The molecular formula is C11H19NO4S. The summed E-state index contributed by atoms with van der Waals surface area (Å²) in [5, 5.41) is 0. The predicted molar refractivity (Wildman–Crippen MR) is 65.6 cm³/mol. The van der Waals surface area contributed by atoms with Crippen LogP contribution in [0.3, 0.4) is 0 Å². The van der Waals surface area contributed by atoms with E-state index < -0.39 is 21.5 Å². The van der Waals surface area contributed by atoms with Crippen molar-refractivity contribution in [1.29, 1.82) is 0 Å². The zero-order valence-electron chi connectivity index (χ0n) is 10.3. The Morgan fingerprint density at radius 3 is 2.65 bits per heavy atom. The van der Waals surface area contributed by atoms with E-state index in [0.717, 1.165) is 0 Å². The monoisotopic (exact) mass is 261 g/mol. The third-order valence-corrected chi connectivity index (χ3v) is 4.82. The smallest absolute Gasteiger partial charge is 0.410 e. The van der Waals surface area contributed by atoms with E-state index in [2.05, 4.69) is 6.58 Å². The van der Waals surface area contributed by atoms with Crippen LogP contribution in [0, 0.1) is 0 Å². The Balaban J connectivity index is 2.91. The maximum atomic E-state index is 11.8. The number of hydrogen-bond acceptors (Lipinski definition) is 4. The van der Waals surface area contributed by atoms with Crippen molar-refractivity contribution < 1.29 is 17.9 Å². The molecule has 0 saturated carbocycles. The van der Waals surface area contributed by atoms with E-state index in [-0.39, 0.29) is 18.1 Å². The highest BCUT2D eigenvalue weighted by molar-refractivity contribution is 7.91. The lowest BCUT2D eigenvalue weighted by Gasteiger charge is -2.35. The molecule has 17 heavy (non-hydrogen) atoms. The third-order valence-electron chi connectivity index (χ3n) is 2.93. The topological polar surface area (TPSA) is 63.7 Å². The molecule has 0 bridgehead atoms. The molecule has 1 aliphatic heterocycles. The van der Waals surface area contributed by atoms with Gasteiger partial charge < -0.3 is 4.74 Å². The number of sulfone groups is 1. The normalized spacial score (nSPS) is 26.5. The molecule has 98 valence electrons. The second-order valence-corrected chi connectivity index (χ2v) is 6.62. The molecule has 0 N–H and O–H groups in total. The molecule has 1 amide bonds. The van der Waals surface area contributed by atoms with Crippen molar-refractivity contribution in [3.63, 3.8) is 0 Å². The number of nitrogens with zero attached hydrogens (tertiary/aromatic N) is 1. The first-order chi connectivity index (χ1) is 7.84. The number of amides is 1. The highest BCUT2D eigenvalue weighted by Gasteiger charge is 2.45. The third kappa shape index (κ3) is 3.21. The SMILES string of the molecule is C=CCN(C(=O)OCC)[C@]1(C)CCS(=O)(=O)C1. The van der Waals surface area contributed by atoms with Crippen LogP contribution in [0.5, 0.6) is 0 Å². The quantitative estimate of drug-likeness (QED) is 0.713. The number of rotatable bonds is 4. The van der Waals surface area contributed by atoms with E-state index in [1.165, 1.54) is 4.90 Å². The first-order valence-electron chi connectivity index (χ1n) is 5.60. The van der Waals surface area contributed by atoms with Crippen molar-refractivity contribution in [2.45, 2.75) is 25.8 Å². The molecule has 1 fully saturated rings. The molecule has 0 radical (unpaired) electrons. The Hall–Kier alpha value is -1.04. The van der Waals surface area contributed by atoms with Gasteiger partial charge in [-0.25, -0.2) is 13.2 Å². The van der Waals surface area contributed by atoms with Crippen LogP contribution in [0.1, 0.15) is 20.3 Å². The lowest BCUT2D eigenvalue weighted by molar-refractivity contribution is 0.0739. The largest absolute Gasteiger partial charge is 0.450 e. The van der Waals surface area contributed by atoms with Gasteiger partial charge in [0.15, 0.2) is 9.84 Å². The Morgan fingerprint density at radius 2 is 2.24 bits per heavy atom. The van der Waals surface area contributed by atoms with Crippen LogP contribution >= 0.6 is 0 Å². The minimum absolute atomic E-state index is 0.00729. The fourth-order valence-electron chi connectivity index (χ4n) is 2.05. The molecule has 1 heterocycles. The standard InChI is InChI=1S/C11H19NO4S/c1-4-7-12(10(13)16-5-2)11(3)6-8-17(14,15)9-11/h4H,1,5-9H2,2-3H3/t11-/m1/s1. The molecule has 0 aromatic rings. The average molecular weight is 261 g/mol. The molecule has 0 aliphatic carbocycles. The van der Waals surface area contributed by atoms with Crippen LogP contribution in [0.4, 0.5) is 4.79 Å². The van der Waals surface area contributed by atoms with Crippen molar-refractivity contribution in [3.8, 4) is 0 Å². The summed E-state index contributed by atoms with van der Waals surface area (Å²) in [7, 11) is -3.05.